The fraction of sp³-hybridized carbons (Fsp3) is 0.515. The first-order valence-corrected chi connectivity index (χ1v) is 14.5. The summed E-state index contributed by atoms with van der Waals surface area (Å²) in [5.74, 6) is 2.44. The highest BCUT2D eigenvalue weighted by molar-refractivity contribution is 5.85. The Morgan fingerprint density at radius 2 is 1.74 bits per heavy atom. The van der Waals surface area contributed by atoms with Gasteiger partial charge in [-0.25, -0.2) is 4.68 Å². The largest absolute Gasteiger partial charge is 0.497 e. The summed E-state index contributed by atoms with van der Waals surface area (Å²) < 4.78 is 7.44. The molecule has 0 aliphatic heterocycles. The quantitative estimate of drug-likeness (QED) is 0.388. The van der Waals surface area contributed by atoms with E-state index in [9.17, 15) is 4.79 Å². The summed E-state index contributed by atoms with van der Waals surface area (Å²) in [6, 6.07) is 16.9. The Bertz CT molecular complexity index is 1300. The lowest BCUT2D eigenvalue weighted by Crippen LogP contribution is -2.48. The predicted molar refractivity (Wildman–Crippen MR) is 152 cm³/mol. The van der Waals surface area contributed by atoms with Crippen LogP contribution in [0.3, 0.4) is 0 Å². The number of methoxy groups -OCH3 is 1. The zero-order chi connectivity index (χ0) is 26.4. The third-order valence-corrected chi connectivity index (χ3v) is 9.79. The van der Waals surface area contributed by atoms with Gasteiger partial charge in [0.25, 0.3) is 0 Å². The lowest BCUT2D eigenvalue weighted by atomic mass is 9.66. The number of aryl methyl sites for hydroxylation is 1. The summed E-state index contributed by atoms with van der Waals surface area (Å²) in [4.78, 5) is 13.9. The van der Waals surface area contributed by atoms with E-state index < -0.39 is 0 Å². The van der Waals surface area contributed by atoms with Crippen LogP contribution in [0.5, 0.6) is 5.75 Å². The van der Waals surface area contributed by atoms with Crippen LogP contribution in [0.2, 0.25) is 0 Å². The molecule has 0 radical (unpaired) electrons. The minimum Gasteiger partial charge on any atom is -0.497 e. The molecule has 2 fully saturated rings. The number of rotatable bonds is 6. The van der Waals surface area contributed by atoms with Gasteiger partial charge in [-0.3, -0.25) is 4.79 Å². The number of nitrogens with zero attached hydrogens (tertiary/aromatic N) is 2. The van der Waals surface area contributed by atoms with Crippen LogP contribution in [0.25, 0.3) is 16.9 Å². The van der Waals surface area contributed by atoms with Gasteiger partial charge in [-0.15, -0.1) is 0 Å². The second-order valence-electron chi connectivity index (χ2n) is 12.5. The minimum absolute atomic E-state index is 0.146. The minimum atomic E-state index is -0.214. The fourth-order valence-corrected chi connectivity index (χ4v) is 7.58. The van der Waals surface area contributed by atoms with Gasteiger partial charge in [-0.05, 0) is 93.9 Å². The van der Waals surface area contributed by atoms with Crippen molar-refractivity contribution in [2.75, 3.05) is 7.11 Å². The van der Waals surface area contributed by atoms with Crippen molar-refractivity contribution in [3.8, 4) is 22.7 Å². The maximum atomic E-state index is 13.9. The van der Waals surface area contributed by atoms with E-state index in [0.29, 0.717) is 0 Å². The number of nitrogens with one attached hydrogen (secondary N) is 1. The maximum absolute atomic E-state index is 13.9. The monoisotopic (exact) mass is 511 g/mol. The number of carbonyl (C=O) groups excluding carboxylic acids is 1. The molecule has 3 aliphatic rings. The first-order chi connectivity index (χ1) is 18.3. The van der Waals surface area contributed by atoms with E-state index >= 15 is 0 Å². The highest BCUT2D eigenvalue weighted by Gasteiger charge is 2.45. The molecule has 3 aromatic rings. The zero-order valence-corrected chi connectivity index (χ0v) is 23.3. The third-order valence-electron chi connectivity index (χ3n) is 9.79. The number of amides is 1. The highest BCUT2D eigenvalue weighted by Crippen LogP contribution is 2.52. The Labute approximate surface area is 227 Å². The van der Waals surface area contributed by atoms with Gasteiger partial charge in [-0.1, -0.05) is 49.6 Å². The fourth-order valence-electron chi connectivity index (χ4n) is 7.58. The number of hydrogen-bond acceptors (Lipinski definition) is 3. The molecule has 38 heavy (non-hydrogen) atoms. The van der Waals surface area contributed by atoms with Crippen molar-refractivity contribution in [1.82, 2.24) is 15.1 Å². The molecular formula is C33H41N3O2. The Balaban J connectivity index is 1.34. The molecule has 0 spiro atoms. The van der Waals surface area contributed by atoms with Crippen molar-refractivity contribution in [2.45, 2.75) is 84.1 Å². The van der Waals surface area contributed by atoms with Crippen LogP contribution >= 0.6 is 0 Å². The molecule has 5 heteroatoms. The number of benzene rings is 2. The second kappa shape index (κ2) is 9.91. The summed E-state index contributed by atoms with van der Waals surface area (Å²) >= 11 is 0. The van der Waals surface area contributed by atoms with Gasteiger partial charge >= 0.3 is 0 Å². The number of fused-ring (bicyclic) bond motifs is 3. The van der Waals surface area contributed by atoms with Gasteiger partial charge in [0.1, 0.15) is 5.75 Å². The molecule has 5 nitrogen and oxygen atoms in total. The van der Waals surface area contributed by atoms with Crippen molar-refractivity contribution >= 4 is 5.91 Å². The predicted octanol–water partition coefficient (Wildman–Crippen LogP) is 7.00. The second-order valence-corrected chi connectivity index (χ2v) is 12.5. The molecule has 0 saturated heterocycles. The van der Waals surface area contributed by atoms with Gasteiger partial charge in [0.2, 0.25) is 5.91 Å². The molecule has 4 unspecified atom stereocenters. The third kappa shape index (κ3) is 4.54. The van der Waals surface area contributed by atoms with Crippen molar-refractivity contribution in [1.29, 1.82) is 0 Å². The smallest absolute Gasteiger partial charge is 0.229 e. The van der Waals surface area contributed by atoms with Gasteiger partial charge in [0, 0.05) is 17.2 Å². The van der Waals surface area contributed by atoms with Crippen LogP contribution in [0, 0.1) is 24.2 Å². The maximum Gasteiger partial charge on any atom is 0.229 e. The van der Waals surface area contributed by atoms with Crippen molar-refractivity contribution in [3.05, 3.63) is 65.4 Å². The lowest BCUT2D eigenvalue weighted by molar-refractivity contribution is -0.124. The summed E-state index contributed by atoms with van der Waals surface area (Å²) in [5.41, 5.74) is 6.80. The van der Waals surface area contributed by atoms with E-state index in [1.807, 2.05) is 28.9 Å². The van der Waals surface area contributed by atoms with Crippen LogP contribution < -0.4 is 10.1 Å². The lowest BCUT2D eigenvalue weighted by Gasteiger charge is -2.43. The molecule has 6 rings (SSSR count). The summed E-state index contributed by atoms with van der Waals surface area (Å²) in [6.07, 6.45) is 9.40. The number of hydrogen-bond donors (Lipinski definition) is 1. The van der Waals surface area contributed by atoms with Crippen LogP contribution in [0.1, 0.15) is 81.5 Å². The Morgan fingerprint density at radius 3 is 2.39 bits per heavy atom. The molecule has 1 heterocycles. The van der Waals surface area contributed by atoms with E-state index in [1.54, 1.807) is 7.11 Å². The molecule has 4 atom stereocenters. The summed E-state index contributed by atoms with van der Waals surface area (Å²) in [7, 11) is 1.68. The number of carbonyl (C=O) groups is 1. The molecule has 3 aliphatic carbocycles. The molecule has 1 N–H and O–H groups in total. The van der Waals surface area contributed by atoms with Gasteiger partial charge in [0.15, 0.2) is 0 Å². The van der Waals surface area contributed by atoms with E-state index in [2.05, 4.69) is 50.4 Å². The van der Waals surface area contributed by atoms with Crippen LogP contribution in [-0.4, -0.2) is 28.8 Å². The van der Waals surface area contributed by atoms with Crippen molar-refractivity contribution in [3.63, 3.8) is 0 Å². The van der Waals surface area contributed by atoms with Gasteiger partial charge in [0.05, 0.1) is 30.1 Å². The van der Waals surface area contributed by atoms with Gasteiger partial charge in [-0.2, -0.15) is 5.10 Å². The van der Waals surface area contributed by atoms with Crippen LogP contribution in [0.4, 0.5) is 0 Å². The Morgan fingerprint density at radius 1 is 1.05 bits per heavy atom. The van der Waals surface area contributed by atoms with Gasteiger partial charge < -0.3 is 10.1 Å². The number of aromatic nitrogens is 2. The normalized spacial score (nSPS) is 27.0. The standard InChI is InChI=1S/C33H41N3O2/c1-21-8-12-25(13-9-21)31-28-6-5-7-29(30(28)35-36(31)26-14-16-27(38-4)17-15-26)32(37)34-22(2)33(3)19-23-10-11-24(18-23)20-33/h8-9,12-17,22-24,29H,5-7,10-11,18-20H2,1-4H3,(H,34,37). The molecule has 2 saturated carbocycles. The first-order valence-electron chi connectivity index (χ1n) is 14.5. The average molecular weight is 512 g/mol. The molecule has 200 valence electrons. The highest BCUT2D eigenvalue weighted by atomic mass is 16.5. The molecule has 2 bridgehead atoms. The Kier molecular flexibility index (Phi) is 6.57. The van der Waals surface area contributed by atoms with E-state index in [1.165, 1.54) is 43.2 Å². The summed E-state index contributed by atoms with van der Waals surface area (Å²) in [6.45, 7) is 6.75. The van der Waals surface area contributed by atoms with Crippen molar-refractivity contribution in [2.24, 2.45) is 17.3 Å². The summed E-state index contributed by atoms with van der Waals surface area (Å²) in [5, 5.41) is 8.66. The zero-order valence-electron chi connectivity index (χ0n) is 23.3. The average Bonchev–Trinajstić information content (AvgIpc) is 3.48. The molecular weight excluding hydrogens is 470 g/mol. The first kappa shape index (κ1) is 25.2. The van der Waals surface area contributed by atoms with E-state index in [-0.39, 0.29) is 23.3 Å². The van der Waals surface area contributed by atoms with E-state index in [0.717, 1.165) is 59.5 Å². The molecule has 2 aromatic carbocycles. The van der Waals surface area contributed by atoms with Crippen LogP contribution in [0.15, 0.2) is 48.5 Å². The van der Waals surface area contributed by atoms with Crippen molar-refractivity contribution < 1.29 is 9.53 Å². The number of ether oxygens (including phenoxy) is 1. The topological polar surface area (TPSA) is 56.2 Å². The van der Waals surface area contributed by atoms with E-state index in [4.69, 9.17) is 9.84 Å². The molecule has 1 aromatic heterocycles. The Hall–Kier alpha value is -3.08. The van der Waals surface area contributed by atoms with Crippen LogP contribution in [-0.2, 0) is 11.2 Å². The SMILES string of the molecule is COc1ccc(-n2nc3c(c2-c2ccc(C)cc2)CCCC3C(=O)NC(C)C2(C)CC3CCC(C3)C2)cc1. The molecule has 1 amide bonds.